The first-order chi connectivity index (χ1) is 17.0. The summed E-state index contributed by atoms with van der Waals surface area (Å²) >= 11 is 0. The van der Waals surface area contributed by atoms with E-state index in [1.807, 2.05) is 108 Å². The summed E-state index contributed by atoms with van der Waals surface area (Å²) < 4.78 is 31.9. The predicted octanol–water partition coefficient (Wildman–Crippen LogP) is 6.34. The first kappa shape index (κ1) is 26.9. The Hall–Kier alpha value is -3.68. The molecule has 1 N–H and O–H groups in total. The molecule has 5 aromatic rings. The first-order valence-electron chi connectivity index (χ1n) is 10.7. The molecule has 0 saturated heterocycles. The van der Waals surface area contributed by atoms with E-state index in [9.17, 15) is 13.0 Å². The minimum atomic E-state index is -4.36. The van der Waals surface area contributed by atoms with E-state index in [2.05, 4.69) is 16.0 Å². The van der Waals surface area contributed by atoms with Gasteiger partial charge in [0.15, 0.2) is 5.03 Å². The summed E-state index contributed by atoms with van der Waals surface area (Å²) in [6, 6.07) is 38.9. The predicted molar refractivity (Wildman–Crippen MR) is 137 cm³/mol. The molecule has 1 radical (unpaired) electrons. The molecule has 3 aromatic carbocycles. The van der Waals surface area contributed by atoms with Crippen LogP contribution in [-0.2, 0) is 30.2 Å². The van der Waals surface area contributed by atoms with Crippen molar-refractivity contribution in [2.75, 3.05) is 4.90 Å². The topological polar surface area (TPSA) is 83.4 Å². The Bertz CT molecular complexity index is 1380. The molecule has 8 heteroatoms. The van der Waals surface area contributed by atoms with E-state index < -0.39 is 10.1 Å². The van der Waals surface area contributed by atoms with Gasteiger partial charge in [-0.05, 0) is 42.1 Å². The van der Waals surface area contributed by atoms with Crippen molar-refractivity contribution in [2.24, 2.45) is 0 Å². The molecule has 183 valence electrons. The number of anilines is 3. The molecule has 2 aromatic heterocycles. The molecule has 0 atom stereocenters. The molecule has 0 aliphatic carbocycles. The second kappa shape index (κ2) is 12.9. The zero-order chi connectivity index (χ0) is 24.5. The van der Waals surface area contributed by atoms with Crippen LogP contribution < -0.4 is 4.90 Å². The number of hydrogen-bond acceptors (Lipinski definition) is 5. The van der Waals surface area contributed by atoms with Gasteiger partial charge in [-0.1, -0.05) is 48.5 Å². The number of para-hydroxylation sites is 2. The molecule has 0 amide bonds. The van der Waals surface area contributed by atoms with E-state index in [4.69, 9.17) is 0 Å². The second-order valence-electron chi connectivity index (χ2n) is 7.33. The maximum Gasteiger partial charge on any atom is 0.312 e. The summed E-state index contributed by atoms with van der Waals surface area (Å²) in [5.74, 6) is 0. The summed E-state index contributed by atoms with van der Waals surface area (Å²) in [4.78, 5) is 9.82. The van der Waals surface area contributed by atoms with E-state index in [0.717, 1.165) is 22.6 Å². The molecule has 5 rings (SSSR count). The van der Waals surface area contributed by atoms with Gasteiger partial charge in [0.2, 0.25) is 0 Å². The standard InChI is InChI=1S/C17H14N2O3S.C11H8N.Ir/c20-23(21,22)17-13-16(11-12-18-17)19(14-7-3-1-4-8-14)15-9-5-2-6-10-15;1-2-6-10(7-3-1)11-8-4-5-9-12-11;/h1-13H,(H,20,21,22);1-6,8-9H;/q;-1;. The third kappa shape index (κ3) is 7.16. The van der Waals surface area contributed by atoms with E-state index in [1.165, 1.54) is 12.3 Å². The second-order valence-corrected chi connectivity index (χ2v) is 8.69. The van der Waals surface area contributed by atoms with Crippen molar-refractivity contribution in [1.29, 1.82) is 0 Å². The van der Waals surface area contributed by atoms with Crippen LogP contribution >= 0.6 is 0 Å². The third-order valence-corrected chi connectivity index (χ3v) is 5.67. The van der Waals surface area contributed by atoms with Gasteiger partial charge < -0.3 is 9.88 Å². The molecule has 0 aliphatic rings. The smallest absolute Gasteiger partial charge is 0.310 e. The third-order valence-electron chi connectivity index (χ3n) is 4.92. The van der Waals surface area contributed by atoms with Gasteiger partial charge in [-0.3, -0.25) is 4.55 Å². The summed E-state index contributed by atoms with van der Waals surface area (Å²) in [6.07, 6.45) is 3.15. The number of nitrogens with zero attached hydrogens (tertiary/aromatic N) is 3. The number of benzene rings is 3. The Labute approximate surface area is 224 Å². The van der Waals surface area contributed by atoms with Crippen LogP contribution in [0, 0.1) is 6.07 Å². The molecular weight excluding hydrogens is 651 g/mol. The molecule has 0 unspecified atom stereocenters. The molecule has 0 aliphatic heterocycles. The van der Waals surface area contributed by atoms with Crippen molar-refractivity contribution >= 4 is 27.2 Å². The van der Waals surface area contributed by atoms with Gasteiger partial charge in [-0.15, -0.1) is 35.9 Å². The van der Waals surface area contributed by atoms with Crippen molar-refractivity contribution in [3.05, 3.63) is 134 Å². The van der Waals surface area contributed by atoms with Crippen LogP contribution in [0.25, 0.3) is 11.3 Å². The van der Waals surface area contributed by atoms with Crippen molar-refractivity contribution in [2.45, 2.75) is 5.03 Å². The fourth-order valence-electron chi connectivity index (χ4n) is 3.36. The van der Waals surface area contributed by atoms with Crippen LogP contribution in [0.5, 0.6) is 0 Å². The molecular formula is C28H22IrN3O3S-. The minimum absolute atomic E-state index is 0. The largest absolute Gasteiger partial charge is 0.312 e. The number of rotatable bonds is 5. The monoisotopic (exact) mass is 673 g/mol. The Kier molecular flexibility index (Phi) is 9.61. The molecule has 2 heterocycles. The van der Waals surface area contributed by atoms with Crippen molar-refractivity contribution in [1.82, 2.24) is 9.97 Å². The molecule has 0 bridgehead atoms. The Morgan fingerprint density at radius 3 is 1.81 bits per heavy atom. The van der Waals surface area contributed by atoms with Crippen LogP contribution in [0.4, 0.5) is 17.1 Å². The number of aromatic nitrogens is 2. The quantitative estimate of drug-likeness (QED) is 0.173. The van der Waals surface area contributed by atoms with E-state index in [-0.39, 0.29) is 25.1 Å². The van der Waals surface area contributed by atoms with Crippen LogP contribution in [0.3, 0.4) is 0 Å². The van der Waals surface area contributed by atoms with Gasteiger partial charge in [0.05, 0.1) is 5.69 Å². The molecule has 36 heavy (non-hydrogen) atoms. The van der Waals surface area contributed by atoms with E-state index >= 15 is 0 Å². The Morgan fingerprint density at radius 2 is 1.28 bits per heavy atom. The molecule has 0 saturated carbocycles. The van der Waals surface area contributed by atoms with Crippen LogP contribution in [-0.4, -0.2) is 22.9 Å². The molecule has 0 fully saturated rings. The van der Waals surface area contributed by atoms with Crippen LogP contribution in [0.15, 0.2) is 133 Å². The average Bonchev–Trinajstić information content (AvgIpc) is 2.91. The fourth-order valence-corrected chi connectivity index (χ4v) is 3.82. The van der Waals surface area contributed by atoms with Gasteiger partial charge in [-0.25, -0.2) is 4.98 Å². The zero-order valence-electron chi connectivity index (χ0n) is 19.0. The maximum absolute atomic E-state index is 11.4. The van der Waals surface area contributed by atoms with Crippen molar-refractivity contribution in [3.8, 4) is 11.3 Å². The minimum Gasteiger partial charge on any atom is -0.310 e. The first-order valence-corrected chi connectivity index (χ1v) is 12.2. The Balaban J connectivity index is 0.000000234. The van der Waals surface area contributed by atoms with Gasteiger partial charge >= 0.3 is 10.1 Å². The van der Waals surface area contributed by atoms with E-state index in [0.29, 0.717) is 5.69 Å². The van der Waals surface area contributed by atoms with Crippen LogP contribution in [0.2, 0.25) is 0 Å². The van der Waals surface area contributed by atoms with Crippen molar-refractivity contribution in [3.63, 3.8) is 0 Å². The summed E-state index contributed by atoms with van der Waals surface area (Å²) in [5.41, 5.74) is 4.33. The molecule has 6 nitrogen and oxygen atoms in total. The van der Waals surface area contributed by atoms with Gasteiger partial charge in [0.1, 0.15) is 0 Å². The summed E-state index contributed by atoms with van der Waals surface area (Å²) in [6.45, 7) is 0. The average molecular weight is 673 g/mol. The SMILES string of the molecule is O=S(=O)(O)c1cc(N(c2ccccc2)c2ccccc2)ccn1.[Ir].[c-]1ccccc1-c1ccccn1. The fraction of sp³-hybridized carbons (Fsp3) is 0. The maximum atomic E-state index is 11.4. The van der Waals surface area contributed by atoms with Gasteiger partial charge in [-0.2, -0.15) is 8.42 Å². The zero-order valence-corrected chi connectivity index (χ0v) is 22.2. The van der Waals surface area contributed by atoms with Gasteiger partial charge in [0, 0.05) is 49.9 Å². The summed E-state index contributed by atoms with van der Waals surface area (Å²) in [5, 5.41) is -0.383. The van der Waals surface area contributed by atoms with E-state index in [1.54, 1.807) is 12.3 Å². The normalized spacial score (nSPS) is 10.4. The Morgan fingerprint density at radius 1 is 0.667 bits per heavy atom. The molecule has 0 spiro atoms. The van der Waals surface area contributed by atoms with Crippen LogP contribution in [0.1, 0.15) is 0 Å². The van der Waals surface area contributed by atoms with Crippen molar-refractivity contribution < 1.29 is 33.1 Å². The number of pyridine rings is 2. The number of hydrogen-bond donors (Lipinski definition) is 1. The summed E-state index contributed by atoms with van der Waals surface area (Å²) in [7, 11) is -4.36. The van der Waals surface area contributed by atoms with Gasteiger partial charge in [0.25, 0.3) is 0 Å².